The second-order valence-electron chi connectivity index (χ2n) is 13.4. The maximum absolute atomic E-state index is 15.5. The summed E-state index contributed by atoms with van der Waals surface area (Å²) in [6.07, 6.45) is 2.88. The van der Waals surface area contributed by atoms with Crippen LogP contribution in [0.2, 0.25) is 0 Å². The molecule has 1 saturated heterocycles. The Kier molecular flexibility index (Phi) is 7.99. The molecule has 1 saturated carbocycles. The number of nitrogens with one attached hydrogen (secondary N) is 1. The van der Waals surface area contributed by atoms with Crippen molar-refractivity contribution < 1.29 is 8.78 Å². The van der Waals surface area contributed by atoms with Crippen LogP contribution in [0.5, 0.6) is 0 Å². The van der Waals surface area contributed by atoms with E-state index in [-0.39, 0.29) is 35.5 Å². The van der Waals surface area contributed by atoms with Crippen LogP contribution < -0.4 is 10.9 Å². The van der Waals surface area contributed by atoms with Gasteiger partial charge in [-0.2, -0.15) is 5.26 Å². The van der Waals surface area contributed by atoms with Crippen molar-refractivity contribution in [2.45, 2.75) is 93.3 Å². The monoisotopic (exact) mass is 600 g/mol. The van der Waals surface area contributed by atoms with Crippen LogP contribution in [0.3, 0.4) is 0 Å². The zero-order valence-corrected chi connectivity index (χ0v) is 25.8. The fourth-order valence-electron chi connectivity index (χ4n) is 6.73. The summed E-state index contributed by atoms with van der Waals surface area (Å²) in [6, 6.07) is 9.93. The van der Waals surface area contributed by atoms with Crippen LogP contribution in [0.4, 0.5) is 14.6 Å². The molecule has 2 fully saturated rings. The minimum atomic E-state index is -3.01. The summed E-state index contributed by atoms with van der Waals surface area (Å²) in [5, 5.41) is 11.1. The van der Waals surface area contributed by atoms with Gasteiger partial charge in [0.05, 0.1) is 48.3 Å². The van der Waals surface area contributed by atoms with Crippen LogP contribution in [0.1, 0.15) is 86.8 Å². The molecule has 3 aromatic rings. The normalized spacial score (nSPS) is 26.9. The molecule has 3 aliphatic heterocycles. The van der Waals surface area contributed by atoms with E-state index in [1.165, 1.54) is 16.7 Å². The van der Waals surface area contributed by atoms with E-state index in [2.05, 4.69) is 21.4 Å². The number of anilines is 1. The van der Waals surface area contributed by atoms with Crippen molar-refractivity contribution in [3.05, 3.63) is 63.2 Å². The van der Waals surface area contributed by atoms with Crippen molar-refractivity contribution in [2.75, 3.05) is 18.4 Å². The van der Waals surface area contributed by atoms with E-state index in [1.807, 2.05) is 11.8 Å². The van der Waals surface area contributed by atoms with Gasteiger partial charge in [0, 0.05) is 36.7 Å². The Morgan fingerprint density at radius 1 is 1.00 bits per heavy atom. The summed E-state index contributed by atoms with van der Waals surface area (Å²) in [5.41, 5.74) is -0.300. The maximum Gasteiger partial charge on any atom is 0.273 e. The molecule has 1 aromatic carbocycles. The summed E-state index contributed by atoms with van der Waals surface area (Å²) in [7, 11) is 26.4. The molecule has 0 amide bonds. The van der Waals surface area contributed by atoms with Gasteiger partial charge < -0.3 is 14.8 Å². The van der Waals surface area contributed by atoms with Crippen LogP contribution in [-0.2, 0) is 16.7 Å². The van der Waals surface area contributed by atoms with Gasteiger partial charge in [-0.25, -0.2) is 18.7 Å². The van der Waals surface area contributed by atoms with Crippen LogP contribution >= 0.6 is 0 Å². The van der Waals surface area contributed by atoms with Crippen molar-refractivity contribution in [1.29, 1.82) is 5.26 Å². The second-order valence-corrected chi connectivity index (χ2v) is 13.4. The van der Waals surface area contributed by atoms with Crippen molar-refractivity contribution in [3.63, 3.8) is 0 Å². The molecule has 7 rings (SSSR count). The molecule has 0 spiro atoms. The zero-order chi connectivity index (χ0) is 32.4. The molecular weight excluding hydrogens is 566 g/mol. The first kappa shape index (κ1) is 31.8. The molecule has 13 heteroatoms. The standard InChI is InChI=1S/C32H34B4F2N6O/c1-19-22-6-5-7-23(14-22)30(37,38)11-8-21-16-43(17-21)31(33,34)9-3-4-10-32(35,36)44-27-24(26(40-19)41-20(2)42-27)15-25(28(44)45)29(18-39)12-13-29/h5-7,14-15,19,21H,3-4,8-13,16-17H2,1-2H3,(H,40,41,42)/t19-/m1/s1. The molecule has 8 bridgehead atoms. The van der Waals surface area contributed by atoms with E-state index in [0.29, 0.717) is 74.2 Å². The molecule has 1 N–H and O–H groups in total. The number of nitrogens with zero attached hydrogens (tertiary/aromatic N) is 5. The predicted molar refractivity (Wildman–Crippen MR) is 174 cm³/mol. The average Bonchev–Trinajstić information content (AvgIpc) is 3.74. The van der Waals surface area contributed by atoms with E-state index < -0.39 is 33.6 Å². The van der Waals surface area contributed by atoms with Gasteiger partial charge in [0.1, 0.15) is 17.3 Å². The summed E-state index contributed by atoms with van der Waals surface area (Å²) in [5.74, 6) is -2.18. The Morgan fingerprint density at radius 2 is 1.69 bits per heavy atom. The van der Waals surface area contributed by atoms with Crippen molar-refractivity contribution >= 4 is 48.2 Å². The highest BCUT2D eigenvalue weighted by Gasteiger charge is 2.48. The number of fused-ring (bicyclic) bond motifs is 8. The maximum atomic E-state index is 15.5. The zero-order valence-electron chi connectivity index (χ0n) is 25.8. The molecule has 1 aliphatic carbocycles. The first-order chi connectivity index (χ1) is 21.2. The summed E-state index contributed by atoms with van der Waals surface area (Å²) in [4.78, 5) is 25.3. The lowest BCUT2D eigenvalue weighted by Gasteiger charge is -2.51. The molecule has 1 atom stereocenters. The number of pyridine rings is 1. The van der Waals surface area contributed by atoms with E-state index in [0.717, 1.165) is 0 Å². The summed E-state index contributed by atoms with van der Waals surface area (Å²) >= 11 is 0. The molecule has 8 radical (unpaired) electrons. The lowest BCUT2D eigenvalue weighted by Crippen LogP contribution is -2.60. The Morgan fingerprint density at radius 3 is 2.36 bits per heavy atom. The van der Waals surface area contributed by atoms with Crippen LogP contribution in [-0.4, -0.2) is 69.2 Å². The van der Waals surface area contributed by atoms with Gasteiger partial charge in [0.15, 0.2) is 0 Å². The third kappa shape index (κ3) is 5.95. The molecule has 4 aliphatic rings. The van der Waals surface area contributed by atoms with Gasteiger partial charge >= 0.3 is 0 Å². The minimum absolute atomic E-state index is 0.0525. The van der Waals surface area contributed by atoms with Gasteiger partial charge in [-0.1, -0.05) is 42.8 Å². The lowest BCUT2D eigenvalue weighted by atomic mass is 9.55. The molecule has 7 nitrogen and oxygen atoms in total. The number of halogens is 2. The second kappa shape index (κ2) is 11.3. The molecule has 2 aromatic heterocycles. The van der Waals surface area contributed by atoms with E-state index >= 15 is 8.78 Å². The topological polar surface area (TPSA) is 86.8 Å². The molecule has 5 heterocycles. The van der Waals surface area contributed by atoms with E-state index in [9.17, 15) is 10.1 Å². The Hall–Kier alpha value is -3.12. The Balaban J connectivity index is 1.48. The molecule has 0 unspecified atom stereocenters. The first-order valence-electron chi connectivity index (χ1n) is 15.7. The highest BCUT2D eigenvalue weighted by molar-refractivity contribution is 6.40. The summed E-state index contributed by atoms with van der Waals surface area (Å²) < 4.78 is 32.2. The fraction of sp³-hybridized carbons (Fsp3) is 0.562. The molecular formula is C32H34B4F2N6O. The number of aryl methyl sites for hydroxylation is 1. The molecule has 224 valence electrons. The highest BCUT2D eigenvalue weighted by atomic mass is 19.3. The van der Waals surface area contributed by atoms with Gasteiger partial charge in [0.2, 0.25) is 0 Å². The predicted octanol–water partition coefficient (Wildman–Crippen LogP) is 4.14. The van der Waals surface area contributed by atoms with E-state index in [4.69, 9.17) is 31.4 Å². The lowest BCUT2D eigenvalue weighted by molar-refractivity contribution is -0.0325. The average molecular weight is 600 g/mol. The largest absolute Gasteiger partial charge is 0.363 e. The fourth-order valence-corrected chi connectivity index (χ4v) is 6.73. The molecule has 45 heavy (non-hydrogen) atoms. The third-order valence-corrected chi connectivity index (χ3v) is 9.85. The SMILES string of the molecule is [B]C1([B])CCCCC([B])([B])n2c(=O)c(C3(C#N)CC3)cc3c(nc(C)nc32)N[C@H](C)c2cccc(c2)C(F)(F)CCC2CN1C2. The number of benzene rings is 1. The van der Waals surface area contributed by atoms with Crippen molar-refractivity contribution in [3.8, 4) is 6.07 Å². The van der Waals surface area contributed by atoms with Gasteiger partial charge in [-0.15, -0.1) is 0 Å². The van der Waals surface area contributed by atoms with Crippen LogP contribution in [0, 0.1) is 24.2 Å². The number of hydrogen-bond acceptors (Lipinski definition) is 6. The number of nitriles is 1. The summed E-state index contributed by atoms with van der Waals surface area (Å²) in [6.45, 7) is 4.65. The van der Waals surface area contributed by atoms with Gasteiger partial charge in [0.25, 0.3) is 11.5 Å². The van der Waals surface area contributed by atoms with Crippen molar-refractivity contribution in [1.82, 2.24) is 19.4 Å². The Labute approximate surface area is 268 Å². The Bertz CT molecular complexity index is 1730. The first-order valence-corrected chi connectivity index (χ1v) is 15.7. The smallest absolute Gasteiger partial charge is 0.273 e. The number of alkyl halides is 2. The highest BCUT2D eigenvalue weighted by Crippen LogP contribution is 2.47. The number of hydrogen-bond donors (Lipinski definition) is 1. The number of aromatic nitrogens is 3. The van der Waals surface area contributed by atoms with Crippen molar-refractivity contribution in [2.24, 2.45) is 5.92 Å². The van der Waals surface area contributed by atoms with E-state index in [1.54, 1.807) is 25.1 Å². The van der Waals surface area contributed by atoms with Crippen LogP contribution in [0.15, 0.2) is 35.1 Å². The third-order valence-electron chi connectivity index (χ3n) is 9.85. The van der Waals surface area contributed by atoms with Gasteiger partial charge in [-0.3, -0.25) is 4.79 Å². The number of rotatable bonds is 1. The minimum Gasteiger partial charge on any atom is -0.363 e. The van der Waals surface area contributed by atoms with Crippen LogP contribution in [0.25, 0.3) is 11.0 Å². The quantitative estimate of drug-likeness (QED) is 0.423. The van der Waals surface area contributed by atoms with Gasteiger partial charge in [-0.05, 0) is 68.5 Å².